The van der Waals surface area contributed by atoms with Crippen LogP contribution < -0.4 is 5.32 Å². The van der Waals surface area contributed by atoms with E-state index in [2.05, 4.69) is 24.1 Å². The lowest BCUT2D eigenvalue weighted by Gasteiger charge is -2.36. The fourth-order valence-corrected chi connectivity index (χ4v) is 2.58. The second kappa shape index (κ2) is 7.81. The molecule has 1 N–H and O–H groups in total. The molecule has 1 amide bonds. The maximum absolute atomic E-state index is 12.5. The third kappa shape index (κ3) is 4.33. The molecule has 2 rings (SSSR count). The summed E-state index contributed by atoms with van der Waals surface area (Å²) in [5.74, 6) is 0.0974. The molecule has 6 heteroatoms. The quantitative estimate of drug-likeness (QED) is 0.864. The summed E-state index contributed by atoms with van der Waals surface area (Å²) in [7, 11) is 0. The minimum absolute atomic E-state index is 0. The first-order chi connectivity index (χ1) is 8.47. The number of halogens is 2. The van der Waals surface area contributed by atoms with E-state index in [1.54, 1.807) is 0 Å². The third-order valence-corrected chi connectivity index (χ3v) is 3.30. The van der Waals surface area contributed by atoms with Crippen LogP contribution >= 0.6 is 24.8 Å². The smallest absolute Gasteiger partial charge is 0.255 e. The molecular weight excluding hydrogens is 297 g/mol. The lowest BCUT2D eigenvalue weighted by atomic mass is 10.1. The largest absolute Gasteiger partial charge is 0.335 e. The van der Waals surface area contributed by atoms with Crippen LogP contribution in [0.4, 0.5) is 0 Å². The van der Waals surface area contributed by atoms with E-state index in [4.69, 9.17) is 0 Å². The number of nitrogens with one attached hydrogen (secondary N) is 1. The zero-order chi connectivity index (χ0) is 13.3. The Morgan fingerprint density at radius 2 is 1.75 bits per heavy atom. The first kappa shape index (κ1) is 19.2. The van der Waals surface area contributed by atoms with Gasteiger partial charge in [-0.15, -0.1) is 24.8 Å². The van der Waals surface area contributed by atoms with Crippen LogP contribution in [-0.4, -0.2) is 41.0 Å². The highest BCUT2D eigenvalue weighted by atomic mass is 35.5. The monoisotopic (exact) mass is 319 g/mol. The number of carbonyl (C=O) groups is 1. The molecule has 0 spiro atoms. The number of hydrogen-bond acceptors (Lipinski definition) is 3. The number of aryl methyl sites for hydroxylation is 2. The molecule has 114 valence electrons. The highest BCUT2D eigenvalue weighted by molar-refractivity contribution is 5.95. The molecule has 0 bridgehead atoms. The van der Waals surface area contributed by atoms with E-state index in [-0.39, 0.29) is 30.7 Å². The Labute approximate surface area is 133 Å². The first-order valence-electron chi connectivity index (χ1n) is 6.47. The second-order valence-electron chi connectivity index (χ2n) is 5.26. The maximum atomic E-state index is 12.5. The Hall–Kier alpha value is -0.840. The standard InChI is InChI=1S/C14H21N3O.2ClH/c1-9-5-6-13(12(4)16-9)14(18)17-7-10(2)15-11(3)8-17;;/h5-6,10-11,15H,7-8H2,1-4H3;2*1H. The van der Waals surface area contributed by atoms with E-state index < -0.39 is 0 Å². The topological polar surface area (TPSA) is 45.2 Å². The minimum Gasteiger partial charge on any atom is -0.335 e. The average Bonchev–Trinajstić information content (AvgIpc) is 2.26. The lowest BCUT2D eigenvalue weighted by Crippen LogP contribution is -2.55. The molecule has 1 aromatic heterocycles. The van der Waals surface area contributed by atoms with Crippen molar-refractivity contribution < 1.29 is 4.79 Å². The number of piperazine rings is 1. The Balaban J connectivity index is 0.00000180. The van der Waals surface area contributed by atoms with Gasteiger partial charge in [0.2, 0.25) is 0 Å². The third-order valence-electron chi connectivity index (χ3n) is 3.30. The van der Waals surface area contributed by atoms with Gasteiger partial charge in [-0.05, 0) is 39.8 Å². The molecule has 1 aliphatic heterocycles. The van der Waals surface area contributed by atoms with Crippen molar-refractivity contribution in [2.24, 2.45) is 0 Å². The molecule has 0 radical (unpaired) electrons. The lowest BCUT2D eigenvalue weighted by molar-refractivity contribution is 0.0672. The number of amides is 1. The van der Waals surface area contributed by atoms with Crippen LogP contribution in [0.2, 0.25) is 0 Å². The van der Waals surface area contributed by atoms with Crippen molar-refractivity contribution in [2.45, 2.75) is 39.8 Å². The van der Waals surface area contributed by atoms with Gasteiger partial charge in [0.1, 0.15) is 0 Å². The van der Waals surface area contributed by atoms with Gasteiger partial charge in [0.25, 0.3) is 5.91 Å². The molecule has 1 aliphatic rings. The van der Waals surface area contributed by atoms with Crippen molar-refractivity contribution in [3.05, 3.63) is 29.1 Å². The Bertz CT molecular complexity index is 458. The summed E-state index contributed by atoms with van der Waals surface area (Å²) < 4.78 is 0. The van der Waals surface area contributed by atoms with E-state index in [0.29, 0.717) is 12.1 Å². The summed E-state index contributed by atoms with van der Waals surface area (Å²) in [4.78, 5) is 18.8. The molecule has 20 heavy (non-hydrogen) atoms. The first-order valence-corrected chi connectivity index (χ1v) is 6.47. The van der Waals surface area contributed by atoms with Crippen molar-refractivity contribution in [3.63, 3.8) is 0 Å². The van der Waals surface area contributed by atoms with Crippen LogP contribution in [0, 0.1) is 13.8 Å². The molecule has 2 unspecified atom stereocenters. The molecule has 2 heterocycles. The summed E-state index contributed by atoms with van der Waals surface area (Å²) >= 11 is 0. The van der Waals surface area contributed by atoms with E-state index in [1.165, 1.54) is 0 Å². The normalized spacial score (nSPS) is 21.7. The van der Waals surface area contributed by atoms with E-state index in [9.17, 15) is 4.79 Å². The van der Waals surface area contributed by atoms with Gasteiger partial charge in [-0.2, -0.15) is 0 Å². The van der Waals surface area contributed by atoms with Crippen LogP contribution in [-0.2, 0) is 0 Å². The molecule has 0 aromatic carbocycles. The fourth-order valence-electron chi connectivity index (χ4n) is 2.58. The summed E-state index contributed by atoms with van der Waals surface area (Å²) in [6, 6.07) is 4.47. The Morgan fingerprint density at radius 1 is 1.20 bits per heavy atom. The van der Waals surface area contributed by atoms with Gasteiger partial charge in [0, 0.05) is 30.9 Å². The average molecular weight is 320 g/mol. The van der Waals surface area contributed by atoms with Crippen LogP contribution in [0.15, 0.2) is 12.1 Å². The number of hydrogen-bond donors (Lipinski definition) is 1. The van der Waals surface area contributed by atoms with Gasteiger partial charge in [0.05, 0.1) is 11.3 Å². The summed E-state index contributed by atoms with van der Waals surface area (Å²) in [6.45, 7) is 9.57. The predicted octanol–water partition coefficient (Wildman–Crippen LogP) is 2.36. The molecular formula is C14H23Cl2N3O. The minimum atomic E-state index is 0. The fraction of sp³-hybridized carbons (Fsp3) is 0.571. The molecule has 1 saturated heterocycles. The zero-order valence-corrected chi connectivity index (χ0v) is 14.0. The van der Waals surface area contributed by atoms with Crippen molar-refractivity contribution in [3.8, 4) is 0 Å². The van der Waals surface area contributed by atoms with E-state index in [0.717, 1.165) is 30.0 Å². The molecule has 0 aliphatic carbocycles. The van der Waals surface area contributed by atoms with Gasteiger partial charge in [-0.3, -0.25) is 9.78 Å². The number of pyridine rings is 1. The molecule has 1 fully saturated rings. The Kier molecular flexibility index (Phi) is 7.49. The van der Waals surface area contributed by atoms with Gasteiger partial charge in [0.15, 0.2) is 0 Å². The highest BCUT2D eigenvalue weighted by Gasteiger charge is 2.26. The van der Waals surface area contributed by atoms with Crippen LogP contribution in [0.5, 0.6) is 0 Å². The molecule has 4 nitrogen and oxygen atoms in total. The van der Waals surface area contributed by atoms with Crippen molar-refractivity contribution in [2.75, 3.05) is 13.1 Å². The zero-order valence-electron chi connectivity index (χ0n) is 12.3. The summed E-state index contributed by atoms with van der Waals surface area (Å²) in [6.07, 6.45) is 0. The maximum Gasteiger partial charge on any atom is 0.255 e. The van der Waals surface area contributed by atoms with Crippen LogP contribution in [0.1, 0.15) is 35.6 Å². The van der Waals surface area contributed by atoms with Gasteiger partial charge in [-0.1, -0.05) is 0 Å². The predicted molar refractivity (Wildman–Crippen MR) is 86.2 cm³/mol. The van der Waals surface area contributed by atoms with Gasteiger partial charge in [-0.25, -0.2) is 0 Å². The van der Waals surface area contributed by atoms with Crippen LogP contribution in [0.3, 0.4) is 0 Å². The second-order valence-corrected chi connectivity index (χ2v) is 5.26. The highest BCUT2D eigenvalue weighted by Crippen LogP contribution is 2.13. The van der Waals surface area contributed by atoms with E-state index in [1.807, 2.05) is 30.9 Å². The van der Waals surface area contributed by atoms with Crippen LogP contribution in [0.25, 0.3) is 0 Å². The summed E-state index contributed by atoms with van der Waals surface area (Å²) in [5.41, 5.74) is 2.49. The van der Waals surface area contributed by atoms with Gasteiger partial charge < -0.3 is 10.2 Å². The van der Waals surface area contributed by atoms with Crippen molar-refractivity contribution in [1.29, 1.82) is 0 Å². The van der Waals surface area contributed by atoms with Crippen molar-refractivity contribution >= 4 is 30.7 Å². The van der Waals surface area contributed by atoms with E-state index >= 15 is 0 Å². The SMILES string of the molecule is Cc1ccc(C(=O)N2CC(C)NC(C)C2)c(C)n1.Cl.Cl. The molecule has 2 atom stereocenters. The number of rotatable bonds is 1. The Morgan fingerprint density at radius 3 is 2.25 bits per heavy atom. The van der Waals surface area contributed by atoms with Gasteiger partial charge >= 0.3 is 0 Å². The van der Waals surface area contributed by atoms with Crippen molar-refractivity contribution in [1.82, 2.24) is 15.2 Å². The molecule has 1 aromatic rings. The number of carbonyl (C=O) groups excluding carboxylic acids is 1. The molecule has 0 saturated carbocycles. The number of aromatic nitrogens is 1. The number of nitrogens with zero attached hydrogens (tertiary/aromatic N) is 2. The summed E-state index contributed by atoms with van der Waals surface area (Å²) in [5, 5.41) is 3.43.